The van der Waals surface area contributed by atoms with E-state index in [0.717, 1.165) is 7.11 Å². The molecule has 4 rings (SSSR count). The number of aryl methyl sites for hydroxylation is 1. The van der Waals surface area contributed by atoms with Gasteiger partial charge in [-0.3, -0.25) is 4.79 Å². The Hall–Kier alpha value is -3.54. The summed E-state index contributed by atoms with van der Waals surface area (Å²) in [6, 6.07) is 6.29. The fourth-order valence-corrected chi connectivity index (χ4v) is 3.70. The molecule has 0 fully saturated rings. The fraction of sp³-hybridized carbons (Fsp3) is 0.111. The lowest BCUT2D eigenvalue weighted by Gasteiger charge is -2.12. The molecule has 2 aromatic carbocycles. The summed E-state index contributed by atoms with van der Waals surface area (Å²) in [4.78, 5) is 13.0. The Bertz CT molecular complexity index is 1270. The van der Waals surface area contributed by atoms with E-state index in [9.17, 15) is 22.4 Å². The Kier molecular flexibility index (Phi) is 4.86. The van der Waals surface area contributed by atoms with Crippen LogP contribution < -0.4 is 10.1 Å². The second kappa shape index (κ2) is 7.37. The lowest BCUT2D eigenvalue weighted by atomic mass is 10.1. The first-order chi connectivity index (χ1) is 14.3. The zero-order chi connectivity index (χ0) is 21.6. The number of aromatic nitrogens is 4. The summed E-state index contributed by atoms with van der Waals surface area (Å²) >= 11 is 1.17. The smallest absolute Gasteiger partial charge is 0.261 e. The number of hydrogen-bond donors (Lipinski definition) is 1. The molecule has 0 unspecified atom stereocenters. The minimum atomic E-state index is -1.87. The van der Waals surface area contributed by atoms with Crippen LogP contribution in [0.15, 0.2) is 24.3 Å². The molecule has 0 spiro atoms. The Morgan fingerprint density at radius 3 is 2.37 bits per heavy atom. The molecule has 0 atom stereocenters. The fourth-order valence-electron chi connectivity index (χ4n) is 2.78. The number of anilines is 1. The third kappa shape index (κ3) is 3.05. The Balaban J connectivity index is 1.75. The van der Waals surface area contributed by atoms with Crippen molar-refractivity contribution in [2.24, 2.45) is 0 Å². The molecule has 0 bridgehead atoms. The van der Waals surface area contributed by atoms with Gasteiger partial charge in [0.25, 0.3) is 5.91 Å². The van der Waals surface area contributed by atoms with E-state index in [1.54, 1.807) is 25.1 Å². The number of methoxy groups -OCH3 is 1. The first-order valence-corrected chi connectivity index (χ1v) is 9.14. The Morgan fingerprint density at radius 1 is 1.07 bits per heavy atom. The average Bonchev–Trinajstić information content (AvgIpc) is 3.29. The molecule has 1 N–H and O–H groups in total. The number of hydrogen-bond acceptors (Lipinski definition) is 6. The van der Waals surface area contributed by atoms with Crippen molar-refractivity contribution in [3.63, 3.8) is 0 Å². The zero-order valence-corrected chi connectivity index (χ0v) is 16.2. The zero-order valence-electron chi connectivity index (χ0n) is 15.3. The van der Waals surface area contributed by atoms with Gasteiger partial charge in [-0.2, -0.15) is 18.4 Å². The largest absolute Gasteiger partial charge is 0.491 e. The predicted octanol–water partition coefficient (Wildman–Crippen LogP) is 3.98. The van der Waals surface area contributed by atoms with Crippen LogP contribution in [0.1, 0.15) is 16.2 Å². The topological polar surface area (TPSA) is 81.4 Å². The number of nitrogens with one attached hydrogen (secondary N) is 1. The van der Waals surface area contributed by atoms with Gasteiger partial charge in [0.1, 0.15) is 10.6 Å². The monoisotopic (exact) mass is 437 g/mol. The second-order valence-corrected chi connectivity index (χ2v) is 6.97. The van der Waals surface area contributed by atoms with Gasteiger partial charge >= 0.3 is 0 Å². The van der Waals surface area contributed by atoms with Crippen molar-refractivity contribution in [1.29, 1.82) is 0 Å². The SMILES string of the molecule is COc1c(F)c(F)c(C(=O)Nc2ccccc2-c2nn3c(C)nnc3s2)c(F)c1F. The summed E-state index contributed by atoms with van der Waals surface area (Å²) in [5.74, 6) is -9.43. The third-order valence-electron chi connectivity index (χ3n) is 4.21. The summed E-state index contributed by atoms with van der Waals surface area (Å²) in [6.07, 6.45) is 0. The summed E-state index contributed by atoms with van der Waals surface area (Å²) in [6.45, 7) is 1.70. The van der Waals surface area contributed by atoms with Crippen LogP contribution in [-0.4, -0.2) is 32.8 Å². The Labute approximate surface area is 169 Å². The van der Waals surface area contributed by atoms with Gasteiger partial charge in [0.2, 0.25) is 16.6 Å². The number of ether oxygens (including phenoxy) is 1. The van der Waals surface area contributed by atoms with Crippen LogP contribution >= 0.6 is 11.3 Å². The van der Waals surface area contributed by atoms with Crippen LogP contribution in [0.3, 0.4) is 0 Å². The summed E-state index contributed by atoms with van der Waals surface area (Å²) in [7, 11) is 0.846. The molecule has 7 nitrogen and oxygen atoms in total. The van der Waals surface area contributed by atoms with E-state index in [1.165, 1.54) is 21.9 Å². The number of para-hydroxylation sites is 1. The van der Waals surface area contributed by atoms with Crippen molar-refractivity contribution in [2.75, 3.05) is 12.4 Å². The van der Waals surface area contributed by atoms with E-state index in [4.69, 9.17) is 0 Å². The molecule has 0 saturated heterocycles. The van der Waals surface area contributed by atoms with Crippen molar-refractivity contribution >= 4 is 27.9 Å². The molecule has 0 aliphatic rings. The van der Waals surface area contributed by atoms with Gasteiger partial charge < -0.3 is 10.1 Å². The molecule has 0 saturated carbocycles. The van der Waals surface area contributed by atoms with E-state index in [-0.39, 0.29) is 5.69 Å². The third-order valence-corrected chi connectivity index (χ3v) is 5.14. The molecule has 0 radical (unpaired) electrons. The molecule has 154 valence electrons. The van der Waals surface area contributed by atoms with Crippen molar-refractivity contribution in [3.05, 3.63) is 58.9 Å². The van der Waals surface area contributed by atoms with Gasteiger partial charge in [-0.25, -0.2) is 8.78 Å². The van der Waals surface area contributed by atoms with Gasteiger partial charge in [-0.1, -0.05) is 23.5 Å². The maximum absolute atomic E-state index is 14.3. The van der Waals surface area contributed by atoms with Crippen molar-refractivity contribution in [2.45, 2.75) is 6.92 Å². The minimum Gasteiger partial charge on any atom is -0.491 e. The number of amides is 1. The summed E-state index contributed by atoms with van der Waals surface area (Å²) < 4.78 is 62.2. The lowest BCUT2D eigenvalue weighted by molar-refractivity contribution is 0.101. The second-order valence-electron chi connectivity index (χ2n) is 6.01. The van der Waals surface area contributed by atoms with Crippen LogP contribution in [0.2, 0.25) is 0 Å². The van der Waals surface area contributed by atoms with Gasteiger partial charge in [0.15, 0.2) is 23.2 Å². The highest BCUT2D eigenvalue weighted by molar-refractivity contribution is 7.19. The van der Waals surface area contributed by atoms with E-state index in [0.29, 0.717) is 21.4 Å². The number of fused-ring (bicyclic) bond motifs is 1. The molecule has 0 aliphatic heterocycles. The highest BCUT2D eigenvalue weighted by Gasteiger charge is 2.30. The first-order valence-electron chi connectivity index (χ1n) is 8.33. The highest BCUT2D eigenvalue weighted by atomic mass is 32.1. The number of carbonyl (C=O) groups is 1. The van der Waals surface area contributed by atoms with E-state index >= 15 is 0 Å². The molecule has 2 heterocycles. The molecule has 12 heteroatoms. The van der Waals surface area contributed by atoms with Gasteiger partial charge in [-0.15, -0.1) is 10.2 Å². The number of carbonyl (C=O) groups excluding carboxylic acids is 1. The predicted molar refractivity (Wildman–Crippen MR) is 99.6 cm³/mol. The molecule has 1 amide bonds. The molecule has 0 aliphatic carbocycles. The quantitative estimate of drug-likeness (QED) is 0.386. The summed E-state index contributed by atoms with van der Waals surface area (Å²) in [5.41, 5.74) is -0.869. The van der Waals surface area contributed by atoms with Crippen LogP contribution in [0.4, 0.5) is 23.2 Å². The normalized spacial score (nSPS) is 11.1. The maximum atomic E-state index is 14.3. The van der Waals surface area contributed by atoms with Crippen molar-refractivity contribution in [1.82, 2.24) is 19.8 Å². The average molecular weight is 437 g/mol. The number of rotatable bonds is 4. The van der Waals surface area contributed by atoms with Gasteiger partial charge in [0, 0.05) is 5.56 Å². The van der Waals surface area contributed by atoms with Crippen molar-refractivity contribution < 1.29 is 27.1 Å². The number of nitrogens with zero attached hydrogens (tertiary/aromatic N) is 4. The van der Waals surface area contributed by atoms with Gasteiger partial charge in [-0.05, 0) is 19.1 Å². The Morgan fingerprint density at radius 2 is 1.73 bits per heavy atom. The molecular weight excluding hydrogens is 426 g/mol. The molecule has 4 aromatic rings. The number of benzene rings is 2. The molecule has 30 heavy (non-hydrogen) atoms. The molecule has 2 aromatic heterocycles. The van der Waals surface area contributed by atoms with E-state index < -0.39 is 40.5 Å². The highest BCUT2D eigenvalue weighted by Crippen LogP contribution is 2.33. The minimum absolute atomic E-state index is 0.126. The standard InChI is InChI=1S/C18H11F4N5O2S/c1-7-24-25-18-27(7)26-17(30-18)8-5-3-4-6-9(8)23-16(28)10-11(19)13(21)15(29-2)14(22)12(10)20/h3-6H,1-2H3,(H,23,28). The van der Waals surface area contributed by atoms with Crippen LogP contribution in [0.25, 0.3) is 15.5 Å². The van der Waals surface area contributed by atoms with Crippen LogP contribution in [0, 0.1) is 30.2 Å². The van der Waals surface area contributed by atoms with Crippen molar-refractivity contribution in [3.8, 4) is 16.3 Å². The maximum Gasteiger partial charge on any atom is 0.261 e. The first kappa shape index (κ1) is 19.8. The lowest BCUT2D eigenvalue weighted by Crippen LogP contribution is -2.19. The summed E-state index contributed by atoms with van der Waals surface area (Å²) in [5, 5.41) is 14.9. The van der Waals surface area contributed by atoms with E-state index in [1.807, 2.05) is 0 Å². The van der Waals surface area contributed by atoms with E-state index in [2.05, 4.69) is 25.3 Å². The van der Waals surface area contributed by atoms with Gasteiger partial charge in [0.05, 0.1) is 12.8 Å². The van der Waals surface area contributed by atoms with Crippen LogP contribution in [0.5, 0.6) is 5.75 Å². The molecular formula is C18H11F4N5O2S. The van der Waals surface area contributed by atoms with Crippen LogP contribution in [-0.2, 0) is 0 Å². The number of halogens is 4.